The van der Waals surface area contributed by atoms with Crippen LogP contribution in [0.15, 0.2) is 36.4 Å². The highest BCUT2D eigenvalue weighted by Crippen LogP contribution is 2.38. The number of halogens is 7. The van der Waals surface area contributed by atoms with E-state index in [0.717, 1.165) is 24.1 Å². The SMILES string of the molecule is CCCc1ccc(C(F)(F)Oc2cc(F)c(C(F)(F)F)c(F)c2)cc1. The molecule has 0 spiro atoms. The molecule has 1 nitrogen and oxygen atoms in total. The lowest BCUT2D eigenvalue weighted by Crippen LogP contribution is -2.22. The number of hydrogen-bond donors (Lipinski definition) is 0. The first kappa shape index (κ1) is 19.1. The van der Waals surface area contributed by atoms with E-state index in [-0.39, 0.29) is 12.1 Å². The summed E-state index contributed by atoms with van der Waals surface area (Å²) in [4.78, 5) is 0. The zero-order valence-corrected chi connectivity index (χ0v) is 12.9. The van der Waals surface area contributed by atoms with Gasteiger partial charge in [0.25, 0.3) is 0 Å². The molecule has 0 aliphatic carbocycles. The van der Waals surface area contributed by atoms with Gasteiger partial charge in [-0.1, -0.05) is 25.5 Å². The second kappa shape index (κ2) is 6.93. The minimum Gasteiger partial charge on any atom is -0.429 e. The summed E-state index contributed by atoms with van der Waals surface area (Å²) >= 11 is 0. The maximum absolute atomic E-state index is 14.1. The highest BCUT2D eigenvalue weighted by Gasteiger charge is 2.40. The monoisotopic (exact) mass is 366 g/mol. The average molecular weight is 366 g/mol. The van der Waals surface area contributed by atoms with E-state index in [1.807, 2.05) is 6.92 Å². The molecule has 0 atom stereocenters. The molecule has 0 saturated carbocycles. The Hall–Kier alpha value is -2.25. The van der Waals surface area contributed by atoms with Crippen LogP contribution in [0, 0.1) is 11.6 Å². The van der Waals surface area contributed by atoms with Crippen molar-refractivity contribution in [3.63, 3.8) is 0 Å². The fraction of sp³-hybridized carbons (Fsp3) is 0.294. The van der Waals surface area contributed by atoms with Gasteiger partial charge in [-0.2, -0.15) is 22.0 Å². The van der Waals surface area contributed by atoms with Crippen molar-refractivity contribution in [1.29, 1.82) is 0 Å². The molecular weight excluding hydrogens is 353 g/mol. The molecule has 0 N–H and O–H groups in total. The topological polar surface area (TPSA) is 9.23 Å². The van der Waals surface area contributed by atoms with Crippen LogP contribution in [-0.2, 0) is 18.7 Å². The predicted molar refractivity (Wildman–Crippen MR) is 76.3 cm³/mol. The first-order chi connectivity index (χ1) is 11.5. The number of alkyl halides is 5. The lowest BCUT2D eigenvalue weighted by atomic mass is 10.1. The number of hydrogen-bond acceptors (Lipinski definition) is 1. The maximum atomic E-state index is 14.1. The molecule has 0 heterocycles. The van der Waals surface area contributed by atoms with Gasteiger partial charge >= 0.3 is 12.3 Å². The molecule has 0 unspecified atom stereocenters. The van der Waals surface area contributed by atoms with Crippen molar-refractivity contribution in [2.75, 3.05) is 0 Å². The molecule has 136 valence electrons. The van der Waals surface area contributed by atoms with E-state index in [1.54, 1.807) is 0 Å². The van der Waals surface area contributed by atoms with Crippen molar-refractivity contribution in [3.05, 3.63) is 64.7 Å². The first-order valence-electron chi connectivity index (χ1n) is 7.27. The highest BCUT2D eigenvalue weighted by atomic mass is 19.4. The smallest absolute Gasteiger partial charge is 0.426 e. The van der Waals surface area contributed by atoms with Crippen LogP contribution in [0.3, 0.4) is 0 Å². The van der Waals surface area contributed by atoms with Gasteiger partial charge in [0, 0.05) is 12.1 Å². The van der Waals surface area contributed by atoms with Crippen molar-refractivity contribution in [2.45, 2.75) is 32.1 Å². The van der Waals surface area contributed by atoms with Crippen molar-refractivity contribution in [2.24, 2.45) is 0 Å². The Morgan fingerprint density at radius 2 is 1.40 bits per heavy atom. The molecule has 8 heteroatoms. The fourth-order valence-corrected chi connectivity index (χ4v) is 2.24. The zero-order valence-electron chi connectivity index (χ0n) is 12.9. The van der Waals surface area contributed by atoms with Gasteiger partial charge in [0.2, 0.25) is 0 Å². The van der Waals surface area contributed by atoms with Gasteiger partial charge in [-0.25, -0.2) is 8.78 Å². The maximum Gasteiger partial charge on any atom is 0.426 e. The molecule has 0 radical (unpaired) electrons. The van der Waals surface area contributed by atoms with Crippen LogP contribution in [0.4, 0.5) is 30.7 Å². The lowest BCUT2D eigenvalue weighted by molar-refractivity contribution is -0.185. The van der Waals surface area contributed by atoms with Crippen LogP contribution < -0.4 is 4.74 Å². The summed E-state index contributed by atoms with van der Waals surface area (Å²) in [5, 5.41) is 0. The standard InChI is InChI=1S/C17H13F7O/c1-2-3-10-4-6-11(7-5-10)17(23,24)25-12-8-13(18)15(14(19)9-12)16(20,21)22/h4-9H,2-3H2,1H3. The third-order valence-corrected chi connectivity index (χ3v) is 3.37. The molecule has 0 aromatic heterocycles. The largest absolute Gasteiger partial charge is 0.429 e. The number of benzene rings is 2. The molecule has 2 rings (SSSR count). The van der Waals surface area contributed by atoms with E-state index in [0.29, 0.717) is 6.42 Å². The second-order valence-electron chi connectivity index (χ2n) is 5.33. The minimum atomic E-state index is -5.29. The Labute approximate surface area is 139 Å². The van der Waals surface area contributed by atoms with Crippen LogP contribution in [-0.4, -0.2) is 0 Å². The van der Waals surface area contributed by atoms with E-state index in [4.69, 9.17) is 0 Å². The van der Waals surface area contributed by atoms with Crippen LogP contribution >= 0.6 is 0 Å². The van der Waals surface area contributed by atoms with Gasteiger partial charge in [-0.3, -0.25) is 0 Å². The van der Waals surface area contributed by atoms with Crippen molar-refractivity contribution < 1.29 is 35.5 Å². The van der Waals surface area contributed by atoms with Gasteiger partial charge < -0.3 is 4.74 Å². The minimum absolute atomic E-state index is 0.0747. The van der Waals surface area contributed by atoms with Crippen LogP contribution in [0.2, 0.25) is 0 Å². The third kappa shape index (κ3) is 4.43. The summed E-state index contributed by atoms with van der Waals surface area (Å²) in [5.74, 6) is -5.11. The molecular formula is C17H13F7O. The predicted octanol–water partition coefficient (Wildman–Crippen LogP) is 6.06. The van der Waals surface area contributed by atoms with E-state index in [2.05, 4.69) is 4.74 Å². The Balaban J connectivity index is 2.28. The van der Waals surface area contributed by atoms with Crippen LogP contribution in [0.1, 0.15) is 30.0 Å². The van der Waals surface area contributed by atoms with E-state index < -0.39 is 40.8 Å². The summed E-state index contributed by atoms with van der Waals surface area (Å²) in [6, 6.07) is 5.22. The van der Waals surface area contributed by atoms with Crippen LogP contribution in [0.5, 0.6) is 5.75 Å². The van der Waals surface area contributed by atoms with Crippen LogP contribution in [0.25, 0.3) is 0 Å². The number of ether oxygens (including phenoxy) is 1. The summed E-state index contributed by atoms with van der Waals surface area (Å²) < 4.78 is 96.7. The molecule has 0 aliphatic rings. The Kier molecular flexibility index (Phi) is 5.29. The van der Waals surface area contributed by atoms with Crippen molar-refractivity contribution >= 4 is 0 Å². The third-order valence-electron chi connectivity index (χ3n) is 3.37. The van der Waals surface area contributed by atoms with Crippen molar-refractivity contribution in [3.8, 4) is 5.75 Å². The van der Waals surface area contributed by atoms with Gasteiger partial charge in [0.05, 0.1) is 5.56 Å². The number of aryl methyl sites for hydroxylation is 1. The van der Waals surface area contributed by atoms with E-state index in [9.17, 15) is 30.7 Å². The molecule has 2 aromatic carbocycles. The van der Waals surface area contributed by atoms with E-state index >= 15 is 0 Å². The molecule has 25 heavy (non-hydrogen) atoms. The Morgan fingerprint density at radius 1 is 0.880 bits per heavy atom. The molecule has 0 aliphatic heterocycles. The summed E-state index contributed by atoms with van der Waals surface area (Å²) in [6.07, 6.45) is -7.76. The Bertz CT molecular complexity index is 713. The summed E-state index contributed by atoms with van der Waals surface area (Å²) in [5.41, 5.74) is -1.94. The molecule has 0 bridgehead atoms. The zero-order chi connectivity index (χ0) is 18.8. The lowest BCUT2D eigenvalue weighted by Gasteiger charge is -2.19. The average Bonchev–Trinajstić information content (AvgIpc) is 2.45. The van der Waals surface area contributed by atoms with Gasteiger partial charge in [-0.05, 0) is 24.1 Å². The van der Waals surface area contributed by atoms with Gasteiger partial charge in [0.1, 0.15) is 22.9 Å². The molecule has 0 amide bonds. The molecule has 0 saturated heterocycles. The van der Waals surface area contributed by atoms with Crippen molar-refractivity contribution in [1.82, 2.24) is 0 Å². The van der Waals surface area contributed by atoms with Gasteiger partial charge in [0.15, 0.2) is 0 Å². The quantitative estimate of drug-likeness (QED) is 0.584. The molecule has 0 fully saturated rings. The first-order valence-corrected chi connectivity index (χ1v) is 7.27. The normalized spacial score (nSPS) is 12.3. The molecule has 2 aromatic rings. The van der Waals surface area contributed by atoms with Gasteiger partial charge in [-0.15, -0.1) is 0 Å². The summed E-state index contributed by atoms with van der Waals surface area (Å²) in [7, 11) is 0. The fourth-order valence-electron chi connectivity index (χ4n) is 2.24. The number of rotatable bonds is 5. The summed E-state index contributed by atoms with van der Waals surface area (Å²) in [6.45, 7) is 1.92. The second-order valence-corrected chi connectivity index (χ2v) is 5.33. The Morgan fingerprint density at radius 3 is 1.84 bits per heavy atom. The van der Waals surface area contributed by atoms with E-state index in [1.165, 1.54) is 12.1 Å². The highest BCUT2D eigenvalue weighted by molar-refractivity contribution is 5.33.